The number of hydrogen-bond acceptors (Lipinski definition) is 5. The van der Waals surface area contributed by atoms with Crippen LogP contribution in [0.25, 0.3) is 0 Å². The smallest absolute Gasteiger partial charge is 0.352 e. The van der Waals surface area contributed by atoms with Gasteiger partial charge in [-0.05, 0) is 35.9 Å². The Morgan fingerprint density at radius 3 is 2.70 bits per heavy atom. The number of aromatic nitrogens is 2. The first-order valence-corrected chi connectivity index (χ1v) is 9.34. The van der Waals surface area contributed by atoms with Gasteiger partial charge in [-0.25, -0.2) is 9.48 Å². The van der Waals surface area contributed by atoms with E-state index in [2.05, 4.69) is 15.7 Å². The number of fused-ring (bicyclic) bond motifs is 1. The highest BCUT2D eigenvalue weighted by molar-refractivity contribution is 6.30. The molecule has 3 aromatic rings. The van der Waals surface area contributed by atoms with Crippen LogP contribution in [0.15, 0.2) is 66.5 Å². The van der Waals surface area contributed by atoms with Crippen LogP contribution in [-0.4, -0.2) is 33.9 Å². The number of methoxy groups -OCH3 is 1. The average Bonchev–Trinajstić information content (AvgIpc) is 3.18. The summed E-state index contributed by atoms with van der Waals surface area (Å²) >= 11 is 5.97. The molecule has 1 atom stereocenters. The minimum absolute atomic E-state index is 0.0432. The van der Waals surface area contributed by atoms with Crippen molar-refractivity contribution in [1.29, 1.82) is 0 Å². The van der Waals surface area contributed by atoms with E-state index in [4.69, 9.17) is 16.3 Å². The van der Waals surface area contributed by atoms with Gasteiger partial charge in [0.2, 0.25) is 0 Å². The van der Waals surface area contributed by atoms with E-state index >= 15 is 0 Å². The van der Waals surface area contributed by atoms with Gasteiger partial charge in [0.15, 0.2) is 0 Å². The van der Waals surface area contributed by atoms with E-state index in [-0.39, 0.29) is 17.1 Å². The molecule has 2 heterocycles. The predicted molar refractivity (Wildman–Crippen MR) is 112 cm³/mol. The maximum Gasteiger partial charge on any atom is 0.352 e. The first-order chi connectivity index (χ1) is 14.5. The Bertz CT molecular complexity index is 1150. The van der Waals surface area contributed by atoms with Crippen LogP contribution in [0, 0.1) is 0 Å². The largest absolute Gasteiger partial charge is 0.497 e. The van der Waals surface area contributed by atoms with Gasteiger partial charge in [-0.1, -0.05) is 29.8 Å². The van der Waals surface area contributed by atoms with Gasteiger partial charge < -0.3 is 20.5 Å². The first-order valence-electron chi connectivity index (χ1n) is 8.97. The normalized spacial score (nSPS) is 14.9. The summed E-state index contributed by atoms with van der Waals surface area (Å²) in [7, 11) is 1.54. The number of allylic oxidation sites excluding steroid dienone is 1. The molecule has 1 aliphatic rings. The third-order valence-electron chi connectivity index (χ3n) is 4.65. The highest BCUT2D eigenvalue weighted by Crippen LogP contribution is 2.33. The molecule has 0 saturated carbocycles. The van der Waals surface area contributed by atoms with E-state index in [1.165, 1.54) is 19.4 Å². The number of carboxylic acids is 1. The molecule has 3 N–H and O–H groups in total. The van der Waals surface area contributed by atoms with E-state index in [1.807, 2.05) is 0 Å². The summed E-state index contributed by atoms with van der Waals surface area (Å²) < 4.78 is 6.73. The van der Waals surface area contributed by atoms with Crippen molar-refractivity contribution in [2.45, 2.75) is 6.04 Å². The quantitative estimate of drug-likeness (QED) is 0.575. The maximum atomic E-state index is 12.9. The Hall–Kier alpha value is -3.78. The lowest BCUT2D eigenvalue weighted by molar-refractivity contribution is -0.132. The number of nitrogens with zero attached hydrogens (tertiary/aromatic N) is 2. The minimum Gasteiger partial charge on any atom is -0.497 e. The predicted octanol–water partition coefficient (Wildman–Crippen LogP) is 3.78. The molecule has 0 radical (unpaired) electrons. The van der Waals surface area contributed by atoms with Crippen molar-refractivity contribution in [2.24, 2.45) is 0 Å². The Labute approximate surface area is 176 Å². The second-order valence-electron chi connectivity index (χ2n) is 6.54. The topological polar surface area (TPSA) is 105 Å². The van der Waals surface area contributed by atoms with Crippen LogP contribution in [0.1, 0.15) is 22.0 Å². The fourth-order valence-corrected chi connectivity index (χ4v) is 3.31. The molecule has 0 fully saturated rings. The molecule has 9 heteroatoms. The summed E-state index contributed by atoms with van der Waals surface area (Å²) in [6.45, 7) is 0. The van der Waals surface area contributed by atoms with E-state index < -0.39 is 17.9 Å². The third-order valence-corrected chi connectivity index (χ3v) is 4.90. The summed E-state index contributed by atoms with van der Waals surface area (Å²) in [5.74, 6) is -0.684. The number of ether oxygens (including phenoxy) is 1. The van der Waals surface area contributed by atoms with Gasteiger partial charge in [-0.2, -0.15) is 5.10 Å². The van der Waals surface area contributed by atoms with Crippen molar-refractivity contribution in [3.8, 4) is 5.75 Å². The van der Waals surface area contributed by atoms with Crippen molar-refractivity contribution in [3.05, 3.63) is 82.7 Å². The summed E-state index contributed by atoms with van der Waals surface area (Å²) in [4.78, 5) is 24.5. The zero-order chi connectivity index (χ0) is 21.3. The summed E-state index contributed by atoms with van der Waals surface area (Å²) in [6, 6.07) is 13.4. The minimum atomic E-state index is -1.14. The molecular formula is C21H17ClN4O4. The molecule has 0 spiro atoms. The number of benzene rings is 2. The Kier molecular flexibility index (Phi) is 5.16. The number of aliphatic carboxylic acids is 1. The highest BCUT2D eigenvalue weighted by atomic mass is 35.5. The number of carbonyl (C=O) groups is 2. The van der Waals surface area contributed by atoms with E-state index in [0.29, 0.717) is 16.5 Å². The Balaban J connectivity index is 1.70. The molecule has 1 aromatic heterocycles. The van der Waals surface area contributed by atoms with E-state index in [9.17, 15) is 14.7 Å². The molecule has 1 aliphatic heterocycles. The molecule has 0 aliphatic carbocycles. The molecular weight excluding hydrogens is 408 g/mol. The number of rotatable bonds is 5. The van der Waals surface area contributed by atoms with Gasteiger partial charge in [0.05, 0.1) is 19.3 Å². The van der Waals surface area contributed by atoms with Crippen molar-refractivity contribution in [3.63, 3.8) is 0 Å². The lowest BCUT2D eigenvalue weighted by atomic mass is 10.0. The van der Waals surface area contributed by atoms with Crippen LogP contribution in [0.5, 0.6) is 5.75 Å². The van der Waals surface area contributed by atoms with Gasteiger partial charge in [0.25, 0.3) is 5.91 Å². The number of nitrogens with one attached hydrogen (secondary N) is 2. The lowest BCUT2D eigenvalue weighted by Gasteiger charge is -2.24. The van der Waals surface area contributed by atoms with Crippen LogP contribution >= 0.6 is 11.6 Å². The number of hydrogen-bond donors (Lipinski definition) is 3. The van der Waals surface area contributed by atoms with Crippen LogP contribution in [-0.2, 0) is 4.79 Å². The average molecular weight is 425 g/mol. The molecule has 0 unspecified atom stereocenters. The van der Waals surface area contributed by atoms with E-state index in [1.54, 1.807) is 53.2 Å². The van der Waals surface area contributed by atoms with Crippen LogP contribution in [0.4, 0.5) is 11.5 Å². The number of anilines is 2. The SMILES string of the molecule is COc1cccc(NC(=O)c2cnn3c2NC(C(=O)O)=C[C@H]3c2ccc(Cl)cc2)c1. The van der Waals surface area contributed by atoms with Gasteiger partial charge in [0, 0.05) is 16.8 Å². The molecule has 0 saturated heterocycles. The summed E-state index contributed by atoms with van der Waals surface area (Å²) in [5, 5.41) is 20.0. The number of carbonyl (C=O) groups excluding carboxylic acids is 1. The molecule has 8 nitrogen and oxygen atoms in total. The zero-order valence-electron chi connectivity index (χ0n) is 15.8. The highest BCUT2D eigenvalue weighted by Gasteiger charge is 2.29. The monoisotopic (exact) mass is 424 g/mol. The van der Waals surface area contributed by atoms with Crippen LogP contribution < -0.4 is 15.4 Å². The third kappa shape index (κ3) is 3.72. The van der Waals surface area contributed by atoms with Gasteiger partial charge in [-0.3, -0.25) is 4.79 Å². The van der Waals surface area contributed by atoms with E-state index in [0.717, 1.165) is 5.56 Å². The fraction of sp³-hybridized carbons (Fsp3) is 0.0952. The zero-order valence-corrected chi connectivity index (χ0v) is 16.6. The van der Waals surface area contributed by atoms with Gasteiger partial charge in [0.1, 0.15) is 22.8 Å². The fourth-order valence-electron chi connectivity index (χ4n) is 3.18. The summed E-state index contributed by atoms with van der Waals surface area (Å²) in [6.07, 6.45) is 2.94. The van der Waals surface area contributed by atoms with Crippen LogP contribution in [0.2, 0.25) is 5.02 Å². The van der Waals surface area contributed by atoms with Crippen molar-refractivity contribution >= 4 is 35.0 Å². The second kappa shape index (κ2) is 7.92. The number of carboxylic acid groups (broad SMARTS) is 1. The molecule has 152 valence electrons. The van der Waals surface area contributed by atoms with Gasteiger partial charge in [-0.15, -0.1) is 0 Å². The standard InChI is InChI=1S/C21H17ClN4O4/c1-30-15-4-2-3-14(9-15)24-20(27)16-11-23-26-18(12-5-7-13(22)8-6-12)10-17(21(28)29)25-19(16)26/h2-11,18,25H,1H3,(H,24,27)(H,28,29)/t18-/m0/s1. The van der Waals surface area contributed by atoms with Gasteiger partial charge >= 0.3 is 5.97 Å². The number of amides is 1. The van der Waals surface area contributed by atoms with Crippen LogP contribution in [0.3, 0.4) is 0 Å². The molecule has 1 amide bonds. The first kappa shape index (κ1) is 19.5. The molecule has 30 heavy (non-hydrogen) atoms. The molecule has 0 bridgehead atoms. The Morgan fingerprint density at radius 2 is 2.00 bits per heavy atom. The Morgan fingerprint density at radius 1 is 1.23 bits per heavy atom. The summed E-state index contributed by atoms with van der Waals surface area (Å²) in [5.41, 5.74) is 1.49. The number of halogens is 1. The van der Waals surface area contributed by atoms with Crippen molar-refractivity contribution in [2.75, 3.05) is 17.7 Å². The molecule has 2 aromatic carbocycles. The van der Waals surface area contributed by atoms with Crippen molar-refractivity contribution < 1.29 is 19.4 Å². The lowest BCUT2D eigenvalue weighted by Crippen LogP contribution is -2.25. The maximum absolute atomic E-state index is 12.9. The second-order valence-corrected chi connectivity index (χ2v) is 6.98. The van der Waals surface area contributed by atoms with Crippen molar-refractivity contribution in [1.82, 2.24) is 9.78 Å². The molecule has 4 rings (SSSR count).